The minimum absolute atomic E-state index is 0.00983. The van der Waals surface area contributed by atoms with Crippen LogP contribution in [0.5, 0.6) is 17.4 Å². The number of halogens is 4. The Morgan fingerprint density at radius 3 is 2.37 bits per heavy atom. The van der Waals surface area contributed by atoms with Gasteiger partial charge in [0.15, 0.2) is 11.6 Å². The van der Waals surface area contributed by atoms with E-state index in [1.54, 1.807) is 42.5 Å². The van der Waals surface area contributed by atoms with Crippen LogP contribution >= 0.6 is 0 Å². The van der Waals surface area contributed by atoms with Crippen molar-refractivity contribution in [2.45, 2.75) is 113 Å². The highest BCUT2D eigenvalue weighted by Gasteiger charge is 2.63. The molecule has 3 heterocycles. The molecule has 0 spiro atoms. The number of nitrogens with zero attached hydrogens (tertiary/aromatic N) is 3. The number of nitrogens with one attached hydrogen (secondary N) is 2. The first kappa shape index (κ1) is 47.3. The number of aromatic nitrogens is 1. The van der Waals surface area contributed by atoms with Crippen LogP contribution < -0.4 is 24.2 Å². The third kappa shape index (κ3) is 9.40. The summed E-state index contributed by atoms with van der Waals surface area (Å²) in [6, 6.07) is 7.35. The molecule has 2 aliphatic heterocycles. The predicted octanol–water partition coefficient (Wildman–Crippen LogP) is 6.59. The van der Waals surface area contributed by atoms with Gasteiger partial charge in [0.05, 0.1) is 31.7 Å². The lowest BCUT2D eigenvalue weighted by Crippen LogP contribution is -2.66. The van der Waals surface area contributed by atoms with Crippen LogP contribution in [0.2, 0.25) is 0 Å². The molecule has 3 aromatic rings. The molecule has 3 N–H and O–H groups in total. The lowest BCUT2D eigenvalue weighted by Gasteiger charge is -2.45. The van der Waals surface area contributed by atoms with Crippen LogP contribution in [0.15, 0.2) is 54.6 Å². The molecule has 0 bridgehead atoms. The molecule has 2 aliphatic carbocycles. The van der Waals surface area contributed by atoms with Gasteiger partial charge >= 0.3 is 12.3 Å². The van der Waals surface area contributed by atoms with Crippen LogP contribution in [0.1, 0.15) is 72.6 Å². The fourth-order valence-corrected chi connectivity index (χ4v) is 10.4. The zero-order valence-corrected chi connectivity index (χ0v) is 37.6. The number of sulfonamides is 1. The predicted molar refractivity (Wildman–Crippen MR) is 229 cm³/mol. The van der Waals surface area contributed by atoms with E-state index >= 15 is 4.79 Å². The largest absolute Gasteiger partial charge is 0.497 e. The lowest BCUT2D eigenvalue weighted by molar-refractivity contribution is -0.222. The first-order valence-corrected chi connectivity index (χ1v) is 23.0. The first-order valence-electron chi connectivity index (χ1n) is 21.4. The molecule has 15 nitrogen and oxygen atoms in total. The maximum absolute atomic E-state index is 15.2. The molecule has 1 saturated heterocycles. The van der Waals surface area contributed by atoms with Crippen LogP contribution in [0.25, 0.3) is 22.0 Å². The Morgan fingerprint density at radius 2 is 1.74 bits per heavy atom. The van der Waals surface area contributed by atoms with E-state index in [4.69, 9.17) is 19.2 Å². The summed E-state index contributed by atoms with van der Waals surface area (Å²) in [7, 11) is -1.28. The van der Waals surface area contributed by atoms with E-state index in [2.05, 4.69) is 10.0 Å². The van der Waals surface area contributed by atoms with Crippen molar-refractivity contribution in [3.63, 3.8) is 0 Å². The van der Waals surface area contributed by atoms with Gasteiger partial charge in [-0.05, 0) is 112 Å². The molecule has 0 radical (unpaired) electrons. The number of alkyl halides is 3. The summed E-state index contributed by atoms with van der Waals surface area (Å²) in [6.45, 7) is 4.22. The summed E-state index contributed by atoms with van der Waals surface area (Å²) in [5.41, 5.74) is -4.26. The summed E-state index contributed by atoms with van der Waals surface area (Å²) in [5.74, 6) is -5.12. The SMILES string of the molecule is COc1ccc2c(O[C@@H]3C[C@H]4C(=O)N[C@]5(C(=O)NS(=O)(=O)C6CC6)C[C@H]5C=CCC[C@@H](C)C[C@@H](C)[C@H](N(C(=O)O)C(C)(C)C(F)(F)F)C(=O)N4C3)nc(-c3ccc(OC)c(F)c3)cc2c1. The maximum Gasteiger partial charge on any atom is 0.411 e. The number of amides is 4. The molecule has 65 heavy (non-hydrogen) atoms. The Bertz CT molecular complexity index is 2520. The Labute approximate surface area is 373 Å². The number of rotatable bonds is 10. The van der Waals surface area contributed by atoms with E-state index in [-0.39, 0.29) is 47.4 Å². The van der Waals surface area contributed by atoms with Crippen molar-refractivity contribution >= 4 is 44.6 Å². The number of methoxy groups -OCH3 is 2. The number of carbonyl (C=O) groups is 4. The van der Waals surface area contributed by atoms with Crippen molar-refractivity contribution in [3.05, 3.63) is 60.4 Å². The quantitative estimate of drug-likeness (QED) is 0.147. The molecule has 3 fully saturated rings. The van der Waals surface area contributed by atoms with Gasteiger partial charge in [-0.3, -0.25) is 24.0 Å². The van der Waals surface area contributed by atoms with Crippen LogP contribution in [-0.4, -0.2) is 114 Å². The molecule has 7 atom stereocenters. The highest BCUT2D eigenvalue weighted by molar-refractivity contribution is 7.91. The number of hydrogen-bond donors (Lipinski definition) is 3. The van der Waals surface area contributed by atoms with Crippen molar-refractivity contribution in [2.24, 2.45) is 17.8 Å². The van der Waals surface area contributed by atoms with E-state index in [1.165, 1.54) is 33.3 Å². The average Bonchev–Trinajstić information content (AvgIpc) is 4.16. The Kier molecular flexibility index (Phi) is 12.8. The van der Waals surface area contributed by atoms with Gasteiger partial charge in [-0.15, -0.1) is 0 Å². The van der Waals surface area contributed by atoms with Gasteiger partial charge in [0.1, 0.15) is 35.0 Å². The molecular weight excluding hydrogens is 879 g/mol. The van der Waals surface area contributed by atoms with Gasteiger partial charge in [-0.25, -0.2) is 22.6 Å². The standard InChI is InChI=1S/C45H53F4N5O10S/c1-24-9-7-8-10-28-22-44(28,41(57)52-65(60,61)31-13-14-31)51-38(55)35-21-30(23-53(35)40(56)37(25(2)17-24)54(42(58)59)43(3,4)45(47,48)49)64-39-32-15-12-29(62-5)18-27(32)20-34(50-39)26-11-16-36(63-6)33(46)19-26/h8,10-12,15-16,18-20,24-25,28,30-31,35,37H,7,9,13-14,17,21-23H2,1-6H3,(H,51,55)(H,52,57)(H,58,59)/t24-,25-,28-,30-,35+,37+,44-/m1/s1. The third-order valence-corrected chi connectivity index (χ3v) is 14.9. The number of carbonyl (C=O) groups excluding carboxylic acids is 3. The number of pyridine rings is 1. The normalized spacial score (nSPS) is 26.5. The summed E-state index contributed by atoms with van der Waals surface area (Å²) >= 11 is 0. The Morgan fingerprint density at radius 1 is 1.02 bits per heavy atom. The molecule has 4 amide bonds. The summed E-state index contributed by atoms with van der Waals surface area (Å²) in [6.07, 6.45) is -3.30. The van der Waals surface area contributed by atoms with Crippen LogP contribution in [0.3, 0.4) is 0 Å². The average molecular weight is 932 g/mol. The fourth-order valence-electron chi connectivity index (χ4n) is 9.04. The van der Waals surface area contributed by atoms with Crippen LogP contribution in [0, 0.1) is 23.6 Å². The van der Waals surface area contributed by atoms with Crippen molar-refractivity contribution in [1.82, 2.24) is 24.8 Å². The number of hydrogen-bond acceptors (Lipinski definition) is 10. The number of ether oxygens (including phenoxy) is 3. The second-order valence-corrected chi connectivity index (χ2v) is 20.1. The third-order valence-electron chi connectivity index (χ3n) is 13.1. The minimum atomic E-state index is -5.14. The van der Waals surface area contributed by atoms with Gasteiger partial charge in [-0.1, -0.05) is 26.0 Å². The van der Waals surface area contributed by atoms with Gasteiger partial charge in [0, 0.05) is 23.3 Å². The van der Waals surface area contributed by atoms with Crippen molar-refractivity contribution in [2.75, 3.05) is 20.8 Å². The molecule has 1 aromatic heterocycles. The first-order chi connectivity index (χ1) is 30.5. The Hall–Kier alpha value is -5.66. The second-order valence-electron chi connectivity index (χ2n) is 18.2. The van der Waals surface area contributed by atoms with E-state index in [0.717, 1.165) is 4.90 Å². The number of allylic oxidation sites excluding steroid dienone is 1. The zero-order valence-electron chi connectivity index (χ0n) is 36.8. The fraction of sp³-hybridized carbons (Fsp3) is 0.533. The highest BCUT2D eigenvalue weighted by atomic mass is 32.2. The molecule has 4 aliphatic rings. The second kappa shape index (κ2) is 17.6. The van der Waals surface area contributed by atoms with Crippen molar-refractivity contribution < 1.29 is 64.5 Å². The van der Waals surface area contributed by atoms with Crippen molar-refractivity contribution in [1.29, 1.82) is 0 Å². The number of carboxylic acid groups (broad SMARTS) is 1. The highest BCUT2D eigenvalue weighted by Crippen LogP contribution is 2.47. The smallest absolute Gasteiger partial charge is 0.411 e. The molecule has 0 unspecified atom stereocenters. The van der Waals surface area contributed by atoms with Gasteiger partial charge < -0.3 is 29.5 Å². The van der Waals surface area contributed by atoms with Gasteiger partial charge in [-0.2, -0.15) is 13.2 Å². The topological polar surface area (TPSA) is 194 Å². The van der Waals surface area contributed by atoms with E-state index in [9.17, 15) is 45.5 Å². The van der Waals surface area contributed by atoms with Crippen LogP contribution in [-0.2, 0) is 24.4 Å². The Balaban J connectivity index is 1.32. The zero-order chi connectivity index (χ0) is 47.4. The van der Waals surface area contributed by atoms with Crippen molar-refractivity contribution in [3.8, 4) is 28.6 Å². The minimum Gasteiger partial charge on any atom is -0.497 e. The number of fused-ring (bicyclic) bond motifs is 3. The number of benzene rings is 2. The summed E-state index contributed by atoms with van der Waals surface area (Å²) in [5, 5.41) is 13.5. The lowest BCUT2D eigenvalue weighted by atomic mass is 9.85. The van der Waals surface area contributed by atoms with E-state index < -0.39 is 98.7 Å². The van der Waals surface area contributed by atoms with Gasteiger partial charge in [0.25, 0.3) is 5.91 Å². The maximum atomic E-state index is 15.2. The monoisotopic (exact) mass is 931 g/mol. The molecule has 2 aromatic carbocycles. The molecular formula is C45H53F4N5O10S. The summed E-state index contributed by atoms with van der Waals surface area (Å²) in [4.78, 5) is 62.7. The van der Waals surface area contributed by atoms with Gasteiger partial charge in [0.2, 0.25) is 27.7 Å². The molecule has 2 saturated carbocycles. The summed E-state index contributed by atoms with van der Waals surface area (Å²) < 4.78 is 105. The van der Waals surface area contributed by atoms with E-state index in [1.807, 2.05) is 6.92 Å². The molecule has 20 heteroatoms. The molecule has 352 valence electrons. The van der Waals surface area contributed by atoms with Crippen LogP contribution in [0.4, 0.5) is 22.4 Å². The molecule has 7 rings (SSSR count). The van der Waals surface area contributed by atoms with E-state index in [0.29, 0.717) is 61.6 Å².